The minimum atomic E-state index is 0.651. The highest BCUT2D eigenvalue weighted by Crippen LogP contribution is 2.31. The number of rotatable bonds is 9. The van der Waals surface area contributed by atoms with Crippen LogP contribution in [0.2, 0.25) is 0 Å². The topological polar surface area (TPSA) is 106 Å². The van der Waals surface area contributed by atoms with Crippen molar-refractivity contribution in [2.45, 2.75) is 0 Å². The Morgan fingerprint density at radius 3 is 2.44 bits per heavy atom. The molecule has 3 aromatic rings. The molecule has 2 aromatic heterocycles. The summed E-state index contributed by atoms with van der Waals surface area (Å²) in [5, 5.41) is 17.4. The highest BCUT2D eigenvalue weighted by molar-refractivity contribution is 5.66. The average molecular weight is 367 g/mol. The van der Waals surface area contributed by atoms with Gasteiger partial charge in [-0.2, -0.15) is 5.10 Å². The summed E-state index contributed by atoms with van der Waals surface area (Å²) in [5.74, 6) is 3.48. The molecule has 0 spiro atoms. The maximum absolute atomic E-state index is 5.39. The Kier molecular flexibility index (Phi) is 6.18. The Hall–Kier alpha value is -3.62. The van der Waals surface area contributed by atoms with E-state index in [1.54, 1.807) is 26.5 Å². The Morgan fingerprint density at radius 1 is 0.889 bits per heavy atom. The first-order chi connectivity index (χ1) is 13.3. The van der Waals surface area contributed by atoms with E-state index in [2.05, 4.69) is 36.1 Å². The normalized spacial score (nSPS) is 10.1. The number of ether oxygens (including phenoxy) is 2. The Morgan fingerprint density at radius 2 is 1.70 bits per heavy atom. The van der Waals surface area contributed by atoms with Gasteiger partial charge in [-0.15, -0.1) is 5.10 Å². The van der Waals surface area contributed by atoms with E-state index in [4.69, 9.17) is 9.47 Å². The quantitative estimate of drug-likeness (QED) is 0.492. The van der Waals surface area contributed by atoms with E-state index in [9.17, 15) is 0 Å². The molecule has 0 atom stereocenters. The molecule has 1 aromatic carbocycles. The Balaban J connectivity index is 1.57. The molecule has 2 heterocycles. The summed E-state index contributed by atoms with van der Waals surface area (Å²) >= 11 is 0. The molecule has 3 rings (SSSR count). The van der Waals surface area contributed by atoms with Crippen molar-refractivity contribution in [3.63, 3.8) is 0 Å². The Bertz CT molecular complexity index is 861. The van der Waals surface area contributed by atoms with Crippen LogP contribution >= 0.6 is 0 Å². The van der Waals surface area contributed by atoms with Crippen molar-refractivity contribution < 1.29 is 9.47 Å². The van der Waals surface area contributed by atoms with Gasteiger partial charge in [0.15, 0.2) is 0 Å². The second-order valence-corrected chi connectivity index (χ2v) is 5.44. The van der Waals surface area contributed by atoms with E-state index in [0.29, 0.717) is 30.5 Å². The van der Waals surface area contributed by atoms with Crippen molar-refractivity contribution in [1.82, 2.24) is 20.2 Å². The van der Waals surface area contributed by atoms with E-state index >= 15 is 0 Å². The van der Waals surface area contributed by atoms with Crippen LogP contribution in [0.25, 0.3) is 0 Å². The van der Waals surface area contributed by atoms with Crippen LogP contribution in [0.3, 0.4) is 0 Å². The summed E-state index contributed by atoms with van der Waals surface area (Å²) in [6, 6.07) is 11.0. The molecular formula is C18H21N7O2. The predicted octanol–water partition coefficient (Wildman–Crippen LogP) is 2.55. The van der Waals surface area contributed by atoms with Gasteiger partial charge >= 0.3 is 0 Å². The number of aromatic nitrogens is 4. The van der Waals surface area contributed by atoms with Crippen molar-refractivity contribution >= 4 is 23.1 Å². The van der Waals surface area contributed by atoms with Crippen molar-refractivity contribution in [1.29, 1.82) is 0 Å². The highest BCUT2D eigenvalue weighted by Gasteiger charge is 2.07. The lowest BCUT2D eigenvalue weighted by atomic mass is 10.2. The first kappa shape index (κ1) is 18.2. The van der Waals surface area contributed by atoms with Gasteiger partial charge in [0.05, 0.1) is 19.9 Å². The summed E-state index contributed by atoms with van der Waals surface area (Å²) in [6.45, 7) is 1.34. The van der Waals surface area contributed by atoms with Crippen LogP contribution < -0.4 is 25.4 Å². The van der Waals surface area contributed by atoms with Gasteiger partial charge in [0, 0.05) is 31.4 Å². The van der Waals surface area contributed by atoms with Gasteiger partial charge < -0.3 is 25.4 Å². The molecule has 0 aliphatic carbocycles. The maximum atomic E-state index is 5.39. The number of hydrogen-bond donors (Lipinski definition) is 3. The zero-order valence-corrected chi connectivity index (χ0v) is 15.1. The molecule has 0 aliphatic rings. The van der Waals surface area contributed by atoms with Crippen molar-refractivity contribution in [3.05, 3.63) is 48.9 Å². The molecule has 0 radical (unpaired) electrons. The van der Waals surface area contributed by atoms with Crippen molar-refractivity contribution in [3.8, 4) is 11.5 Å². The monoisotopic (exact) mass is 367 g/mol. The molecule has 0 saturated heterocycles. The van der Waals surface area contributed by atoms with Gasteiger partial charge in [0.1, 0.15) is 35.3 Å². The zero-order valence-electron chi connectivity index (χ0n) is 15.1. The standard InChI is InChI=1S/C18H21N7O2/c1-26-13-5-6-14(15(10-13)27-2)24-18-11-17(21-12-22-18)20-9-8-19-16-4-3-7-23-25-16/h3-7,10-12H,8-9H2,1-2H3,(H,19,25)(H2,20,21,22,24). The smallest absolute Gasteiger partial charge is 0.148 e. The number of nitrogens with zero attached hydrogens (tertiary/aromatic N) is 4. The minimum absolute atomic E-state index is 0.651. The van der Waals surface area contributed by atoms with Crippen LogP contribution in [0.15, 0.2) is 48.9 Å². The van der Waals surface area contributed by atoms with E-state index < -0.39 is 0 Å². The Labute approximate surface area is 157 Å². The molecule has 3 N–H and O–H groups in total. The van der Waals surface area contributed by atoms with Gasteiger partial charge in [-0.1, -0.05) is 0 Å². The highest BCUT2D eigenvalue weighted by atomic mass is 16.5. The molecule has 0 amide bonds. The number of methoxy groups -OCH3 is 2. The average Bonchev–Trinajstić information content (AvgIpc) is 2.72. The van der Waals surface area contributed by atoms with Crippen LogP contribution in [0, 0.1) is 0 Å². The summed E-state index contributed by atoms with van der Waals surface area (Å²) < 4.78 is 10.6. The van der Waals surface area contributed by atoms with Crippen LogP contribution in [0.4, 0.5) is 23.1 Å². The molecule has 9 nitrogen and oxygen atoms in total. The van der Waals surface area contributed by atoms with Crippen LogP contribution in [-0.4, -0.2) is 47.5 Å². The van der Waals surface area contributed by atoms with E-state index in [0.717, 1.165) is 17.3 Å². The van der Waals surface area contributed by atoms with Gasteiger partial charge in [0.25, 0.3) is 0 Å². The van der Waals surface area contributed by atoms with Gasteiger partial charge in [0.2, 0.25) is 0 Å². The lowest BCUT2D eigenvalue weighted by Gasteiger charge is -2.13. The molecule has 27 heavy (non-hydrogen) atoms. The fraction of sp³-hybridized carbons (Fsp3) is 0.222. The molecule has 9 heteroatoms. The van der Waals surface area contributed by atoms with Crippen LogP contribution in [0.1, 0.15) is 0 Å². The van der Waals surface area contributed by atoms with E-state index in [1.807, 2.05) is 30.3 Å². The lowest BCUT2D eigenvalue weighted by Crippen LogP contribution is -2.15. The van der Waals surface area contributed by atoms with E-state index in [1.165, 1.54) is 6.33 Å². The fourth-order valence-electron chi connectivity index (χ4n) is 2.34. The first-order valence-corrected chi connectivity index (χ1v) is 8.35. The molecule has 0 bridgehead atoms. The molecule has 0 fully saturated rings. The van der Waals surface area contributed by atoms with Crippen molar-refractivity contribution in [2.24, 2.45) is 0 Å². The largest absolute Gasteiger partial charge is 0.497 e. The van der Waals surface area contributed by atoms with Gasteiger partial charge in [-0.05, 0) is 24.3 Å². The minimum Gasteiger partial charge on any atom is -0.497 e. The molecule has 0 unspecified atom stereocenters. The van der Waals surface area contributed by atoms with Crippen LogP contribution in [0.5, 0.6) is 11.5 Å². The summed E-state index contributed by atoms with van der Waals surface area (Å²) in [6.07, 6.45) is 3.13. The third-order valence-electron chi connectivity index (χ3n) is 3.65. The van der Waals surface area contributed by atoms with Gasteiger partial charge in [-0.3, -0.25) is 0 Å². The molecular weight excluding hydrogens is 346 g/mol. The molecule has 140 valence electrons. The lowest BCUT2D eigenvalue weighted by molar-refractivity contribution is 0.395. The molecule has 0 saturated carbocycles. The fourth-order valence-corrected chi connectivity index (χ4v) is 2.34. The summed E-state index contributed by atoms with van der Waals surface area (Å²) in [4.78, 5) is 8.47. The van der Waals surface area contributed by atoms with Gasteiger partial charge in [-0.25, -0.2) is 9.97 Å². The van der Waals surface area contributed by atoms with E-state index in [-0.39, 0.29) is 0 Å². The van der Waals surface area contributed by atoms with Crippen molar-refractivity contribution in [2.75, 3.05) is 43.3 Å². The zero-order chi connectivity index (χ0) is 18.9. The summed E-state index contributed by atoms with van der Waals surface area (Å²) in [7, 11) is 3.22. The summed E-state index contributed by atoms with van der Waals surface area (Å²) in [5.41, 5.74) is 0.785. The number of anilines is 4. The third kappa shape index (κ3) is 5.18. The second kappa shape index (κ2) is 9.18. The van der Waals surface area contributed by atoms with Crippen LogP contribution in [-0.2, 0) is 0 Å². The number of nitrogens with one attached hydrogen (secondary N) is 3. The predicted molar refractivity (Wildman–Crippen MR) is 104 cm³/mol. The number of benzene rings is 1. The SMILES string of the molecule is COc1ccc(Nc2cc(NCCNc3cccnn3)ncn2)c(OC)c1. The third-order valence-corrected chi connectivity index (χ3v) is 3.65. The second-order valence-electron chi connectivity index (χ2n) is 5.44. The molecule has 0 aliphatic heterocycles. The number of hydrogen-bond acceptors (Lipinski definition) is 9. The first-order valence-electron chi connectivity index (χ1n) is 8.35. The maximum Gasteiger partial charge on any atom is 0.148 e.